The standard InChI is InChI=1S/C12H11ClFN3/c13-8-5-10(12(16)17-6-8)11(15)7-2-1-3-9(14)4-7/h1-6,11H,15H2,(H2,16,17). The van der Waals surface area contributed by atoms with Gasteiger partial charge < -0.3 is 11.5 Å². The van der Waals surface area contributed by atoms with Crippen molar-refractivity contribution >= 4 is 17.4 Å². The summed E-state index contributed by atoms with van der Waals surface area (Å²) in [6, 6.07) is 7.14. The maximum absolute atomic E-state index is 13.1. The monoisotopic (exact) mass is 251 g/mol. The molecule has 88 valence electrons. The average Bonchev–Trinajstić information content (AvgIpc) is 2.31. The van der Waals surface area contributed by atoms with E-state index in [2.05, 4.69) is 4.98 Å². The summed E-state index contributed by atoms with van der Waals surface area (Å²) in [5, 5.41) is 0.445. The first-order chi connectivity index (χ1) is 8.08. The molecule has 2 rings (SSSR count). The minimum Gasteiger partial charge on any atom is -0.383 e. The zero-order valence-electron chi connectivity index (χ0n) is 8.90. The number of nitrogens with two attached hydrogens (primary N) is 2. The Bertz CT molecular complexity index is 545. The van der Waals surface area contributed by atoms with Gasteiger partial charge in [-0.15, -0.1) is 0 Å². The molecule has 4 N–H and O–H groups in total. The quantitative estimate of drug-likeness (QED) is 0.862. The van der Waals surface area contributed by atoms with Crippen molar-refractivity contribution in [2.75, 3.05) is 5.73 Å². The maximum Gasteiger partial charge on any atom is 0.128 e. The molecule has 3 nitrogen and oxygen atoms in total. The molecule has 0 spiro atoms. The summed E-state index contributed by atoms with van der Waals surface area (Å²) in [7, 11) is 0. The Kier molecular flexibility index (Phi) is 3.26. The number of pyridine rings is 1. The van der Waals surface area contributed by atoms with Crippen molar-refractivity contribution in [1.82, 2.24) is 4.98 Å². The largest absolute Gasteiger partial charge is 0.383 e. The summed E-state index contributed by atoms with van der Waals surface area (Å²) >= 11 is 5.83. The molecule has 0 fully saturated rings. The van der Waals surface area contributed by atoms with Crippen LogP contribution >= 0.6 is 11.6 Å². The van der Waals surface area contributed by atoms with E-state index in [0.29, 0.717) is 22.0 Å². The molecule has 1 aromatic heterocycles. The van der Waals surface area contributed by atoms with Crippen LogP contribution in [0.4, 0.5) is 10.2 Å². The van der Waals surface area contributed by atoms with Crippen LogP contribution in [0.25, 0.3) is 0 Å². The summed E-state index contributed by atoms with van der Waals surface area (Å²) < 4.78 is 13.1. The second kappa shape index (κ2) is 4.69. The van der Waals surface area contributed by atoms with Crippen molar-refractivity contribution in [3.8, 4) is 0 Å². The summed E-state index contributed by atoms with van der Waals surface area (Å²) in [5.74, 6) is -0.0438. The van der Waals surface area contributed by atoms with Crippen LogP contribution in [0.2, 0.25) is 5.02 Å². The molecule has 1 atom stereocenters. The van der Waals surface area contributed by atoms with Gasteiger partial charge in [0.25, 0.3) is 0 Å². The van der Waals surface area contributed by atoms with Crippen LogP contribution in [0, 0.1) is 5.82 Å². The average molecular weight is 252 g/mol. The number of anilines is 1. The van der Waals surface area contributed by atoms with Gasteiger partial charge in [-0.25, -0.2) is 9.37 Å². The van der Waals surface area contributed by atoms with Gasteiger partial charge >= 0.3 is 0 Å². The molecular weight excluding hydrogens is 241 g/mol. The summed E-state index contributed by atoms with van der Waals surface area (Å²) in [5.41, 5.74) is 12.9. The predicted octanol–water partition coefficient (Wildman–Crippen LogP) is 2.50. The highest BCUT2D eigenvalue weighted by atomic mass is 35.5. The SMILES string of the molecule is Nc1ncc(Cl)cc1C(N)c1cccc(F)c1. The lowest BCUT2D eigenvalue weighted by Crippen LogP contribution is -2.14. The number of hydrogen-bond donors (Lipinski definition) is 2. The molecule has 1 aromatic carbocycles. The van der Waals surface area contributed by atoms with Crippen LogP contribution in [0.5, 0.6) is 0 Å². The molecule has 2 aromatic rings. The van der Waals surface area contributed by atoms with Gasteiger partial charge in [0.2, 0.25) is 0 Å². The third-order valence-electron chi connectivity index (χ3n) is 2.46. The zero-order chi connectivity index (χ0) is 12.4. The lowest BCUT2D eigenvalue weighted by Gasteiger charge is -2.14. The Morgan fingerprint density at radius 2 is 2.06 bits per heavy atom. The van der Waals surface area contributed by atoms with E-state index in [9.17, 15) is 4.39 Å². The first kappa shape index (κ1) is 11.8. The zero-order valence-corrected chi connectivity index (χ0v) is 9.66. The molecule has 0 saturated carbocycles. The van der Waals surface area contributed by atoms with E-state index in [1.165, 1.54) is 18.3 Å². The van der Waals surface area contributed by atoms with E-state index in [-0.39, 0.29) is 5.82 Å². The van der Waals surface area contributed by atoms with Crippen LogP contribution in [0.15, 0.2) is 36.5 Å². The van der Waals surface area contributed by atoms with Crippen LogP contribution < -0.4 is 11.5 Å². The van der Waals surface area contributed by atoms with E-state index in [1.807, 2.05) is 0 Å². The highest BCUT2D eigenvalue weighted by Crippen LogP contribution is 2.25. The third-order valence-corrected chi connectivity index (χ3v) is 2.67. The van der Waals surface area contributed by atoms with Crippen molar-refractivity contribution in [3.63, 3.8) is 0 Å². The van der Waals surface area contributed by atoms with Gasteiger partial charge in [-0.05, 0) is 23.8 Å². The first-order valence-corrected chi connectivity index (χ1v) is 5.37. The van der Waals surface area contributed by atoms with Crippen molar-refractivity contribution in [2.24, 2.45) is 5.73 Å². The minimum absolute atomic E-state index is 0.297. The molecule has 0 aliphatic heterocycles. The van der Waals surface area contributed by atoms with Crippen LogP contribution in [-0.2, 0) is 0 Å². The molecule has 17 heavy (non-hydrogen) atoms. The molecule has 0 bridgehead atoms. The van der Waals surface area contributed by atoms with Gasteiger partial charge in [0.15, 0.2) is 0 Å². The Morgan fingerprint density at radius 1 is 1.29 bits per heavy atom. The van der Waals surface area contributed by atoms with Crippen molar-refractivity contribution < 1.29 is 4.39 Å². The summed E-state index contributed by atoms with van der Waals surface area (Å²) in [6.07, 6.45) is 1.44. The van der Waals surface area contributed by atoms with Gasteiger partial charge in [0, 0.05) is 11.8 Å². The van der Waals surface area contributed by atoms with Crippen LogP contribution in [-0.4, -0.2) is 4.98 Å². The molecular formula is C12H11ClFN3. The summed E-state index contributed by atoms with van der Waals surface area (Å²) in [4.78, 5) is 3.92. The van der Waals surface area contributed by atoms with E-state index in [0.717, 1.165) is 0 Å². The number of aromatic nitrogens is 1. The molecule has 0 aliphatic carbocycles. The fourth-order valence-corrected chi connectivity index (χ4v) is 1.76. The molecule has 1 unspecified atom stereocenters. The number of nitrogens with zero attached hydrogens (tertiary/aromatic N) is 1. The van der Waals surface area contributed by atoms with Gasteiger partial charge in [0.1, 0.15) is 11.6 Å². The number of benzene rings is 1. The Morgan fingerprint density at radius 3 is 2.76 bits per heavy atom. The fourth-order valence-electron chi connectivity index (χ4n) is 1.59. The van der Waals surface area contributed by atoms with E-state index < -0.39 is 6.04 Å². The minimum atomic E-state index is -0.545. The van der Waals surface area contributed by atoms with Gasteiger partial charge in [0.05, 0.1) is 11.1 Å². The van der Waals surface area contributed by atoms with E-state index >= 15 is 0 Å². The number of halogens is 2. The Hall–Kier alpha value is -1.65. The maximum atomic E-state index is 13.1. The molecule has 0 radical (unpaired) electrons. The first-order valence-electron chi connectivity index (χ1n) is 5.00. The smallest absolute Gasteiger partial charge is 0.128 e. The number of hydrogen-bond acceptors (Lipinski definition) is 3. The van der Waals surface area contributed by atoms with Crippen molar-refractivity contribution in [3.05, 3.63) is 58.5 Å². The lowest BCUT2D eigenvalue weighted by molar-refractivity contribution is 0.623. The molecule has 0 aliphatic rings. The second-order valence-corrected chi connectivity index (χ2v) is 4.10. The van der Waals surface area contributed by atoms with Gasteiger partial charge in [-0.1, -0.05) is 23.7 Å². The predicted molar refractivity (Wildman–Crippen MR) is 66.1 cm³/mol. The van der Waals surface area contributed by atoms with Gasteiger partial charge in [-0.3, -0.25) is 0 Å². The van der Waals surface area contributed by atoms with Crippen molar-refractivity contribution in [2.45, 2.75) is 6.04 Å². The third kappa shape index (κ3) is 2.54. The van der Waals surface area contributed by atoms with E-state index in [4.69, 9.17) is 23.1 Å². The Labute approximate surface area is 103 Å². The lowest BCUT2D eigenvalue weighted by atomic mass is 10.0. The molecule has 0 amide bonds. The fraction of sp³-hybridized carbons (Fsp3) is 0.0833. The highest BCUT2D eigenvalue weighted by Gasteiger charge is 2.14. The molecule has 1 heterocycles. The normalized spacial score (nSPS) is 12.4. The Balaban J connectivity index is 2.43. The number of nitrogen functional groups attached to an aromatic ring is 1. The second-order valence-electron chi connectivity index (χ2n) is 3.66. The van der Waals surface area contributed by atoms with Crippen LogP contribution in [0.3, 0.4) is 0 Å². The summed E-state index contributed by atoms with van der Waals surface area (Å²) in [6.45, 7) is 0. The number of rotatable bonds is 2. The molecule has 5 heteroatoms. The van der Waals surface area contributed by atoms with E-state index in [1.54, 1.807) is 18.2 Å². The highest BCUT2D eigenvalue weighted by molar-refractivity contribution is 6.30. The van der Waals surface area contributed by atoms with Crippen molar-refractivity contribution in [1.29, 1.82) is 0 Å². The molecule has 0 saturated heterocycles. The van der Waals surface area contributed by atoms with Crippen LogP contribution in [0.1, 0.15) is 17.2 Å². The van der Waals surface area contributed by atoms with Gasteiger partial charge in [-0.2, -0.15) is 0 Å². The topological polar surface area (TPSA) is 64.9 Å².